The fourth-order valence-electron chi connectivity index (χ4n) is 2.49. The molecule has 0 fully saturated rings. The van der Waals surface area contributed by atoms with Crippen LogP contribution in [0.4, 0.5) is 0 Å². The van der Waals surface area contributed by atoms with Crippen LogP contribution >= 0.6 is 0 Å². The number of carboxylic acid groups (broad SMARTS) is 1. The van der Waals surface area contributed by atoms with Gasteiger partial charge in [-0.25, -0.2) is 0 Å². The van der Waals surface area contributed by atoms with Crippen LogP contribution < -0.4 is 5.32 Å². The van der Waals surface area contributed by atoms with Crippen molar-refractivity contribution < 1.29 is 9.90 Å². The number of carbonyl (C=O) groups is 1. The quantitative estimate of drug-likeness (QED) is 0.255. The molecule has 2 N–H and O–H groups in total. The first-order valence-corrected chi connectivity index (χ1v) is 8.76. The minimum absolute atomic E-state index is 0. The molecule has 0 radical (unpaired) electrons. The summed E-state index contributed by atoms with van der Waals surface area (Å²) in [5.74, 6) is -1.06. The number of rotatable bonds is 16. The van der Waals surface area contributed by atoms with Crippen LogP contribution in [0.1, 0.15) is 77.6 Å². The molecule has 0 aromatic heterocycles. The van der Waals surface area contributed by atoms with Crippen LogP contribution in [0.3, 0.4) is 0 Å². The van der Waals surface area contributed by atoms with Gasteiger partial charge in [0.05, 0.1) is 5.92 Å². The molecule has 22 heavy (non-hydrogen) atoms. The number of carboxylic acids is 1. The molecule has 0 amide bonds. The zero-order valence-electron chi connectivity index (χ0n) is 13.9. The van der Waals surface area contributed by atoms with E-state index < -0.39 is 5.97 Å². The molecule has 1 unspecified atom stereocenters. The summed E-state index contributed by atoms with van der Waals surface area (Å²) in [5.41, 5.74) is 0. The van der Waals surface area contributed by atoms with Crippen molar-refractivity contribution in [2.24, 2.45) is 5.92 Å². The van der Waals surface area contributed by atoms with Gasteiger partial charge in [-0.05, 0) is 19.4 Å². The third-order valence-electron chi connectivity index (χ3n) is 3.90. The summed E-state index contributed by atoms with van der Waals surface area (Å²) in [4.78, 5) is 10.9. The Morgan fingerprint density at radius 3 is 2.00 bits per heavy atom. The summed E-state index contributed by atoms with van der Waals surface area (Å²) >= 11 is 0. The van der Waals surface area contributed by atoms with E-state index in [0.717, 1.165) is 13.0 Å². The molecule has 4 heteroatoms. The molecule has 0 bridgehead atoms. The standard InChI is InChI=1S/C18H35NO2.Na.H/c1-3-5-6-7-8-9-10-11-12-13-15-19-16-17(14-4-2)18(20)21;;/h4,17,19H,2-3,5-16H2,1H3,(H,20,21);;. The van der Waals surface area contributed by atoms with Crippen LogP contribution in [-0.2, 0) is 4.79 Å². The zero-order valence-corrected chi connectivity index (χ0v) is 13.9. The van der Waals surface area contributed by atoms with Gasteiger partial charge in [-0.3, -0.25) is 4.79 Å². The molecule has 0 rings (SSSR count). The molecule has 0 saturated heterocycles. The van der Waals surface area contributed by atoms with Crippen molar-refractivity contribution in [3.05, 3.63) is 12.7 Å². The predicted molar refractivity (Wildman–Crippen MR) is 97.8 cm³/mol. The van der Waals surface area contributed by atoms with Gasteiger partial charge in [0.15, 0.2) is 0 Å². The van der Waals surface area contributed by atoms with Crippen LogP contribution in [-0.4, -0.2) is 53.7 Å². The van der Waals surface area contributed by atoms with Gasteiger partial charge >= 0.3 is 35.5 Å². The van der Waals surface area contributed by atoms with Gasteiger partial charge in [-0.2, -0.15) is 0 Å². The van der Waals surface area contributed by atoms with Crippen LogP contribution in [0, 0.1) is 5.92 Å². The molecule has 0 aromatic carbocycles. The third-order valence-corrected chi connectivity index (χ3v) is 3.90. The summed E-state index contributed by atoms with van der Waals surface area (Å²) in [6, 6.07) is 0. The first-order valence-electron chi connectivity index (χ1n) is 8.76. The number of unbranched alkanes of at least 4 members (excludes halogenated alkanes) is 9. The average Bonchev–Trinajstić information content (AvgIpc) is 2.47. The van der Waals surface area contributed by atoms with Gasteiger partial charge in [0.1, 0.15) is 0 Å². The summed E-state index contributed by atoms with van der Waals surface area (Å²) in [5, 5.41) is 12.2. The number of allylic oxidation sites excluding steroid dienone is 1. The summed E-state index contributed by atoms with van der Waals surface area (Å²) in [7, 11) is 0. The SMILES string of the molecule is C=CCC(CNCCCCCCCCCCCC)C(=O)O.[NaH]. The molecule has 1 atom stereocenters. The van der Waals surface area contributed by atoms with E-state index in [9.17, 15) is 4.79 Å². The molecule has 0 aliphatic carbocycles. The second kappa shape index (κ2) is 19.2. The molecule has 0 spiro atoms. The van der Waals surface area contributed by atoms with Gasteiger partial charge in [0, 0.05) is 6.54 Å². The Labute approximate surface area is 159 Å². The van der Waals surface area contributed by atoms with E-state index in [1.807, 2.05) is 0 Å². The van der Waals surface area contributed by atoms with Gasteiger partial charge in [0.25, 0.3) is 0 Å². The van der Waals surface area contributed by atoms with Crippen molar-refractivity contribution in [1.29, 1.82) is 0 Å². The fourth-order valence-corrected chi connectivity index (χ4v) is 2.49. The van der Waals surface area contributed by atoms with E-state index in [4.69, 9.17) is 5.11 Å². The Morgan fingerprint density at radius 2 is 1.55 bits per heavy atom. The van der Waals surface area contributed by atoms with Gasteiger partial charge in [-0.15, -0.1) is 6.58 Å². The van der Waals surface area contributed by atoms with Crippen molar-refractivity contribution in [1.82, 2.24) is 5.32 Å². The van der Waals surface area contributed by atoms with E-state index >= 15 is 0 Å². The minimum atomic E-state index is -0.731. The summed E-state index contributed by atoms with van der Waals surface area (Å²) in [6.45, 7) is 7.34. The molecule has 0 heterocycles. The number of hydrogen-bond acceptors (Lipinski definition) is 2. The molecule has 0 saturated carbocycles. The Kier molecular flexibility index (Phi) is 21.3. The Bertz CT molecular complexity index is 259. The van der Waals surface area contributed by atoms with Crippen molar-refractivity contribution in [2.45, 2.75) is 77.6 Å². The third kappa shape index (κ3) is 16.5. The van der Waals surface area contributed by atoms with Crippen molar-refractivity contribution in [3.8, 4) is 0 Å². The first-order chi connectivity index (χ1) is 10.2. The Balaban J connectivity index is 0. The second-order valence-electron chi connectivity index (χ2n) is 5.95. The number of aliphatic carboxylic acids is 1. The molecule has 0 aromatic rings. The van der Waals surface area contributed by atoms with E-state index in [0.29, 0.717) is 13.0 Å². The zero-order chi connectivity index (χ0) is 15.8. The van der Waals surface area contributed by atoms with Gasteiger partial charge in [-0.1, -0.05) is 70.8 Å². The van der Waals surface area contributed by atoms with E-state index in [1.54, 1.807) is 6.08 Å². The number of nitrogens with one attached hydrogen (secondary N) is 1. The summed E-state index contributed by atoms with van der Waals surface area (Å²) in [6.07, 6.45) is 15.5. The Hall–Kier alpha value is 0.170. The monoisotopic (exact) mass is 321 g/mol. The maximum absolute atomic E-state index is 10.9. The van der Waals surface area contributed by atoms with Crippen molar-refractivity contribution in [2.75, 3.05) is 13.1 Å². The van der Waals surface area contributed by atoms with E-state index in [-0.39, 0.29) is 35.5 Å². The van der Waals surface area contributed by atoms with Gasteiger partial charge < -0.3 is 10.4 Å². The molecule has 0 aliphatic heterocycles. The second-order valence-corrected chi connectivity index (χ2v) is 5.95. The molecular weight excluding hydrogens is 285 g/mol. The van der Waals surface area contributed by atoms with Crippen LogP contribution in [0.15, 0.2) is 12.7 Å². The van der Waals surface area contributed by atoms with E-state index in [1.165, 1.54) is 57.8 Å². The molecule has 3 nitrogen and oxygen atoms in total. The van der Waals surface area contributed by atoms with Crippen LogP contribution in [0.2, 0.25) is 0 Å². The molecular formula is C18H36NNaO2. The van der Waals surface area contributed by atoms with Crippen LogP contribution in [0.5, 0.6) is 0 Å². The predicted octanol–water partition coefficient (Wildman–Crippen LogP) is 4.13. The fraction of sp³-hybridized carbons (Fsp3) is 0.833. The Morgan fingerprint density at radius 1 is 1.05 bits per heavy atom. The average molecular weight is 321 g/mol. The van der Waals surface area contributed by atoms with E-state index in [2.05, 4.69) is 18.8 Å². The van der Waals surface area contributed by atoms with Crippen LogP contribution in [0.25, 0.3) is 0 Å². The van der Waals surface area contributed by atoms with Gasteiger partial charge in [0.2, 0.25) is 0 Å². The number of hydrogen-bond donors (Lipinski definition) is 2. The molecule has 126 valence electrons. The maximum atomic E-state index is 10.9. The molecule has 0 aliphatic rings. The topological polar surface area (TPSA) is 49.3 Å². The first kappa shape index (κ1) is 24.4. The van der Waals surface area contributed by atoms with Crippen molar-refractivity contribution >= 4 is 35.5 Å². The normalized spacial score (nSPS) is 11.7. The summed E-state index contributed by atoms with van der Waals surface area (Å²) < 4.78 is 0. The van der Waals surface area contributed by atoms with Crippen molar-refractivity contribution in [3.63, 3.8) is 0 Å².